The van der Waals surface area contributed by atoms with E-state index in [1.54, 1.807) is 16.7 Å². The van der Waals surface area contributed by atoms with Crippen molar-refractivity contribution in [2.75, 3.05) is 18.8 Å². The normalized spacial score (nSPS) is 11.7. The largest absolute Gasteiger partial charge is 0.355 e. The van der Waals surface area contributed by atoms with Crippen LogP contribution in [0, 0.1) is 0 Å². The van der Waals surface area contributed by atoms with Gasteiger partial charge in [0.05, 0.1) is 0 Å². The zero-order valence-corrected chi connectivity index (χ0v) is 18.3. The van der Waals surface area contributed by atoms with Crippen LogP contribution in [0.4, 0.5) is 0 Å². The van der Waals surface area contributed by atoms with Crippen LogP contribution in [0.15, 0.2) is 60.7 Å². The smallest absolute Gasteiger partial charge is 0.242 e. The van der Waals surface area contributed by atoms with Crippen LogP contribution >= 0.6 is 11.8 Å². The summed E-state index contributed by atoms with van der Waals surface area (Å²) in [5.74, 6) is 1.64. The van der Waals surface area contributed by atoms with Crippen molar-refractivity contribution in [1.29, 1.82) is 0 Å². The van der Waals surface area contributed by atoms with E-state index in [1.807, 2.05) is 50.2 Å². The Labute approximate surface area is 179 Å². The topological polar surface area (TPSA) is 49.4 Å². The lowest BCUT2D eigenvalue weighted by Gasteiger charge is -2.30. The van der Waals surface area contributed by atoms with Gasteiger partial charge in [0.25, 0.3) is 0 Å². The number of rotatable bonds is 12. The minimum Gasteiger partial charge on any atom is -0.355 e. The first-order chi connectivity index (χ1) is 14.2. The van der Waals surface area contributed by atoms with E-state index >= 15 is 0 Å². The third kappa shape index (κ3) is 7.94. The monoisotopic (exact) mass is 412 g/mol. The molecule has 0 spiro atoms. The summed E-state index contributed by atoms with van der Waals surface area (Å²) in [5.41, 5.74) is 2.44. The summed E-state index contributed by atoms with van der Waals surface area (Å²) in [6.45, 7) is 5.00. The average Bonchev–Trinajstić information content (AvgIpc) is 2.75. The Morgan fingerprint density at radius 2 is 1.59 bits per heavy atom. The first-order valence-electron chi connectivity index (χ1n) is 10.4. The molecule has 0 aliphatic carbocycles. The number of benzene rings is 2. The quantitative estimate of drug-likeness (QED) is 0.529. The van der Waals surface area contributed by atoms with E-state index in [1.165, 1.54) is 11.1 Å². The van der Waals surface area contributed by atoms with E-state index in [0.717, 1.165) is 17.9 Å². The Morgan fingerprint density at radius 1 is 0.966 bits per heavy atom. The molecule has 0 bridgehead atoms. The summed E-state index contributed by atoms with van der Waals surface area (Å²) in [4.78, 5) is 27.3. The lowest BCUT2D eigenvalue weighted by Crippen LogP contribution is -2.50. The maximum Gasteiger partial charge on any atom is 0.242 e. The molecular weight excluding hydrogens is 380 g/mol. The Kier molecular flexibility index (Phi) is 10.4. The van der Waals surface area contributed by atoms with Crippen molar-refractivity contribution in [3.8, 4) is 0 Å². The van der Waals surface area contributed by atoms with Crippen molar-refractivity contribution in [3.63, 3.8) is 0 Å². The predicted molar refractivity (Wildman–Crippen MR) is 122 cm³/mol. The number of nitrogens with zero attached hydrogens (tertiary/aromatic N) is 1. The Bertz CT molecular complexity index is 737. The lowest BCUT2D eigenvalue weighted by atomic mass is 10.1. The third-order valence-electron chi connectivity index (χ3n) is 4.79. The van der Waals surface area contributed by atoms with Gasteiger partial charge >= 0.3 is 0 Å². The van der Waals surface area contributed by atoms with E-state index in [-0.39, 0.29) is 11.8 Å². The van der Waals surface area contributed by atoms with E-state index < -0.39 is 6.04 Å². The number of carbonyl (C=O) groups excluding carboxylic acids is 2. The minimum atomic E-state index is -0.412. The second kappa shape index (κ2) is 13.0. The van der Waals surface area contributed by atoms with Crippen LogP contribution in [0.1, 0.15) is 37.8 Å². The first-order valence-corrected chi connectivity index (χ1v) is 11.5. The molecule has 29 heavy (non-hydrogen) atoms. The summed E-state index contributed by atoms with van der Waals surface area (Å²) in [7, 11) is 0. The van der Waals surface area contributed by atoms with Crippen LogP contribution in [0.2, 0.25) is 0 Å². The predicted octanol–water partition coefficient (Wildman–Crippen LogP) is 4.30. The van der Waals surface area contributed by atoms with E-state index in [0.29, 0.717) is 25.9 Å². The molecular formula is C24H32N2O2S. The van der Waals surface area contributed by atoms with Gasteiger partial charge in [0, 0.05) is 31.0 Å². The molecule has 4 nitrogen and oxygen atoms in total. The van der Waals surface area contributed by atoms with Crippen molar-refractivity contribution in [2.45, 2.75) is 44.9 Å². The average molecular weight is 413 g/mol. The summed E-state index contributed by atoms with van der Waals surface area (Å²) in [6.07, 6.45) is 1.81. The molecule has 0 aliphatic rings. The molecule has 5 heteroatoms. The third-order valence-corrected chi connectivity index (χ3v) is 5.82. The number of hydrogen-bond acceptors (Lipinski definition) is 3. The van der Waals surface area contributed by atoms with Crippen LogP contribution in [-0.4, -0.2) is 41.6 Å². The SMILES string of the molecule is CCNC(=O)[C@H](CC)N(CCc1ccccc1)C(=O)CCSCc1ccccc1. The highest BCUT2D eigenvalue weighted by atomic mass is 32.2. The number of carbonyl (C=O) groups is 2. The molecule has 0 radical (unpaired) electrons. The van der Waals surface area contributed by atoms with Gasteiger partial charge in [0.2, 0.25) is 11.8 Å². The molecule has 0 saturated carbocycles. The first kappa shape index (κ1) is 23.0. The molecule has 2 rings (SSSR count). The van der Waals surface area contributed by atoms with Gasteiger partial charge in [-0.1, -0.05) is 67.6 Å². The van der Waals surface area contributed by atoms with Gasteiger partial charge in [0.15, 0.2) is 0 Å². The molecule has 2 aromatic rings. The van der Waals surface area contributed by atoms with Crippen molar-refractivity contribution in [3.05, 3.63) is 71.8 Å². The van der Waals surface area contributed by atoms with Gasteiger partial charge in [-0.3, -0.25) is 9.59 Å². The number of thioether (sulfide) groups is 1. The molecule has 0 aromatic heterocycles. The minimum absolute atomic E-state index is 0.0552. The number of amides is 2. The number of nitrogens with one attached hydrogen (secondary N) is 1. The molecule has 2 amide bonds. The highest BCUT2D eigenvalue weighted by molar-refractivity contribution is 7.98. The maximum absolute atomic E-state index is 13.0. The van der Waals surface area contributed by atoms with Crippen molar-refractivity contribution in [2.24, 2.45) is 0 Å². The fraction of sp³-hybridized carbons (Fsp3) is 0.417. The molecule has 1 N–H and O–H groups in total. The van der Waals surface area contributed by atoms with Gasteiger partial charge < -0.3 is 10.2 Å². The zero-order valence-electron chi connectivity index (χ0n) is 17.5. The Hall–Kier alpha value is -2.27. The molecule has 0 aliphatic heterocycles. The van der Waals surface area contributed by atoms with Gasteiger partial charge in [-0.05, 0) is 30.9 Å². The molecule has 0 heterocycles. The van der Waals surface area contributed by atoms with Crippen LogP contribution in [-0.2, 0) is 21.8 Å². The molecule has 2 aromatic carbocycles. The Balaban J connectivity index is 1.96. The highest BCUT2D eigenvalue weighted by Crippen LogP contribution is 2.15. The molecule has 1 atom stereocenters. The van der Waals surface area contributed by atoms with Crippen LogP contribution in [0.25, 0.3) is 0 Å². The summed E-state index contributed by atoms with van der Waals surface area (Å²) in [6, 6.07) is 20.0. The molecule has 0 saturated heterocycles. The standard InChI is InChI=1S/C24H32N2O2S/c1-3-22(24(28)25-4-2)26(17-15-20-11-7-5-8-12-20)23(27)16-18-29-19-21-13-9-6-10-14-21/h5-14,22H,3-4,15-19H2,1-2H3,(H,25,28)/t22-/m0/s1. The van der Waals surface area contributed by atoms with Gasteiger partial charge in [0.1, 0.15) is 6.04 Å². The second-order valence-corrected chi connectivity index (χ2v) is 8.03. The van der Waals surface area contributed by atoms with Crippen molar-refractivity contribution < 1.29 is 9.59 Å². The summed E-state index contributed by atoms with van der Waals surface area (Å²) < 4.78 is 0. The van der Waals surface area contributed by atoms with Crippen LogP contribution in [0.5, 0.6) is 0 Å². The van der Waals surface area contributed by atoms with E-state index in [2.05, 4.69) is 29.6 Å². The molecule has 0 unspecified atom stereocenters. The molecule has 0 fully saturated rings. The van der Waals surface area contributed by atoms with E-state index in [9.17, 15) is 9.59 Å². The van der Waals surface area contributed by atoms with Crippen molar-refractivity contribution in [1.82, 2.24) is 10.2 Å². The van der Waals surface area contributed by atoms with Crippen LogP contribution < -0.4 is 5.32 Å². The summed E-state index contributed by atoms with van der Waals surface area (Å²) >= 11 is 1.76. The van der Waals surface area contributed by atoms with Crippen LogP contribution in [0.3, 0.4) is 0 Å². The van der Waals surface area contributed by atoms with Gasteiger partial charge in [-0.15, -0.1) is 0 Å². The summed E-state index contributed by atoms with van der Waals surface area (Å²) in [5, 5.41) is 2.88. The highest BCUT2D eigenvalue weighted by Gasteiger charge is 2.27. The number of hydrogen-bond donors (Lipinski definition) is 1. The van der Waals surface area contributed by atoms with Gasteiger partial charge in [-0.25, -0.2) is 0 Å². The fourth-order valence-corrected chi connectivity index (χ4v) is 4.15. The second-order valence-electron chi connectivity index (χ2n) is 6.93. The Morgan fingerprint density at radius 3 is 2.17 bits per heavy atom. The maximum atomic E-state index is 13.0. The van der Waals surface area contributed by atoms with Gasteiger partial charge in [-0.2, -0.15) is 11.8 Å². The zero-order chi connectivity index (χ0) is 20.9. The van der Waals surface area contributed by atoms with Crippen molar-refractivity contribution >= 4 is 23.6 Å². The van der Waals surface area contributed by atoms with E-state index in [4.69, 9.17) is 0 Å². The fourth-order valence-electron chi connectivity index (χ4n) is 3.26. The number of likely N-dealkylation sites (N-methyl/N-ethyl adjacent to an activating group) is 1. The lowest BCUT2D eigenvalue weighted by molar-refractivity contribution is -0.140. The molecule has 156 valence electrons.